The average molecular weight is 407 g/mol. The molecule has 1 N–H and O–H groups in total. The smallest absolute Gasteiger partial charge is 0.120 e. The molecule has 128 valence electrons. The van der Waals surface area contributed by atoms with E-state index in [0.29, 0.717) is 0 Å². The topological polar surface area (TPSA) is 34.1 Å². The molecule has 0 atom stereocenters. The monoisotopic (exact) mass is 406 g/mol. The van der Waals surface area contributed by atoms with Crippen LogP contribution in [0.25, 0.3) is 0 Å². The SMILES string of the molecule is CC(C)(NSc1cccc(OCC2CC2)c1)c1ccc(CBr)nc1. The van der Waals surface area contributed by atoms with E-state index in [0.717, 1.165) is 34.2 Å². The molecule has 0 bridgehead atoms. The van der Waals surface area contributed by atoms with Crippen LogP contribution in [0.3, 0.4) is 0 Å². The fourth-order valence-electron chi connectivity index (χ4n) is 2.24. The first kappa shape index (κ1) is 17.8. The zero-order valence-electron chi connectivity index (χ0n) is 14.1. The van der Waals surface area contributed by atoms with Crippen molar-refractivity contribution >= 4 is 27.9 Å². The standard InChI is InChI=1S/C19H23BrN2OS/c1-19(2,15-8-9-16(11-20)21-12-15)22-24-18-5-3-4-17(10-18)23-13-14-6-7-14/h3-5,8-10,12,14,22H,6-7,11,13H2,1-2H3. The van der Waals surface area contributed by atoms with Crippen LogP contribution >= 0.6 is 27.9 Å². The maximum atomic E-state index is 5.86. The molecule has 0 saturated heterocycles. The lowest BCUT2D eigenvalue weighted by Gasteiger charge is -2.26. The highest BCUT2D eigenvalue weighted by molar-refractivity contribution is 9.08. The molecule has 1 heterocycles. The summed E-state index contributed by atoms with van der Waals surface area (Å²) in [7, 11) is 0. The lowest BCUT2D eigenvalue weighted by molar-refractivity contribution is 0.299. The van der Waals surface area contributed by atoms with Crippen LogP contribution in [-0.4, -0.2) is 11.6 Å². The Morgan fingerprint density at radius 2 is 2.12 bits per heavy atom. The molecule has 3 rings (SSSR count). The van der Waals surface area contributed by atoms with Gasteiger partial charge in [0.2, 0.25) is 0 Å². The number of nitrogens with one attached hydrogen (secondary N) is 1. The minimum atomic E-state index is -0.173. The van der Waals surface area contributed by atoms with E-state index >= 15 is 0 Å². The highest BCUT2D eigenvalue weighted by atomic mass is 79.9. The normalized spacial score (nSPS) is 14.6. The van der Waals surface area contributed by atoms with Gasteiger partial charge < -0.3 is 4.74 Å². The number of hydrogen-bond acceptors (Lipinski definition) is 4. The van der Waals surface area contributed by atoms with Gasteiger partial charge in [0.1, 0.15) is 5.75 Å². The van der Waals surface area contributed by atoms with Crippen LogP contribution in [-0.2, 0) is 10.9 Å². The number of pyridine rings is 1. The third-order valence-corrected chi connectivity index (χ3v) is 5.77. The Bertz CT molecular complexity index is 671. The quantitative estimate of drug-likeness (QED) is 0.476. The molecule has 24 heavy (non-hydrogen) atoms. The van der Waals surface area contributed by atoms with Crippen molar-refractivity contribution < 1.29 is 4.74 Å². The van der Waals surface area contributed by atoms with E-state index in [1.54, 1.807) is 11.9 Å². The van der Waals surface area contributed by atoms with Crippen molar-refractivity contribution in [3.63, 3.8) is 0 Å². The summed E-state index contributed by atoms with van der Waals surface area (Å²) in [6.45, 7) is 5.18. The molecule has 1 aromatic heterocycles. The van der Waals surface area contributed by atoms with Gasteiger partial charge in [0.05, 0.1) is 12.3 Å². The van der Waals surface area contributed by atoms with Crippen LogP contribution in [0.4, 0.5) is 0 Å². The summed E-state index contributed by atoms with van der Waals surface area (Å²) in [6.07, 6.45) is 4.57. The molecule has 1 aliphatic rings. The first-order chi connectivity index (χ1) is 11.6. The van der Waals surface area contributed by atoms with Crippen LogP contribution < -0.4 is 9.46 Å². The van der Waals surface area contributed by atoms with E-state index in [1.807, 2.05) is 18.3 Å². The number of benzene rings is 1. The van der Waals surface area contributed by atoms with Crippen LogP contribution in [0, 0.1) is 5.92 Å². The minimum Gasteiger partial charge on any atom is -0.493 e. The Kier molecular flexibility index (Phi) is 5.85. The summed E-state index contributed by atoms with van der Waals surface area (Å²) in [6, 6.07) is 12.5. The molecule has 5 heteroatoms. The summed E-state index contributed by atoms with van der Waals surface area (Å²) < 4.78 is 9.40. The minimum absolute atomic E-state index is 0.173. The van der Waals surface area contributed by atoms with Crippen molar-refractivity contribution in [3.8, 4) is 5.75 Å². The lowest BCUT2D eigenvalue weighted by atomic mass is 9.97. The van der Waals surface area contributed by atoms with E-state index in [2.05, 4.69) is 63.7 Å². The first-order valence-electron chi connectivity index (χ1n) is 8.25. The fraction of sp³-hybridized carbons (Fsp3) is 0.421. The van der Waals surface area contributed by atoms with Gasteiger partial charge in [-0.2, -0.15) is 0 Å². The molecule has 0 radical (unpaired) electrons. The van der Waals surface area contributed by atoms with Crippen LogP contribution in [0.1, 0.15) is 37.9 Å². The van der Waals surface area contributed by atoms with Crippen LogP contribution in [0.15, 0.2) is 47.5 Å². The van der Waals surface area contributed by atoms with Crippen molar-refractivity contribution in [1.82, 2.24) is 9.71 Å². The summed E-state index contributed by atoms with van der Waals surface area (Å²) in [5.41, 5.74) is 2.04. The van der Waals surface area contributed by atoms with Gasteiger partial charge in [0.25, 0.3) is 0 Å². The molecule has 0 unspecified atom stereocenters. The zero-order valence-corrected chi connectivity index (χ0v) is 16.5. The second-order valence-corrected chi connectivity index (χ2v) is 8.17. The second kappa shape index (κ2) is 7.89. The number of ether oxygens (including phenoxy) is 1. The molecule has 0 aliphatic heterocycles. The maximum Gasteiger partial charge on any atom is 0.120 e. The number of hydrogen-bond donors (Lipinski definition) is 1. The van der Waals surface area contributed by atoms with Gasteiger partial charge in [-0.15, -0.1) is 0 Å². The number of aromatic nitrogens is 1. The van der Waals surface area contributed by atoms with Gasteiger partial charge in [0.15, 0.2) is 0 Å². The van der Waals surface area contributed by atoms with Gasteiger partial charge in [-0.3, -0.25) is 4.98 Å². The van der Waals surface area contributed by atoms with Gasteiger partial charge in [0, 0.05) is 22.0 Å². The van der Waals surface area contributed by atoms with E-state index < -0.39 is 0 Å². The van der Waals surface area contributed by atoms with E-state index in [-0.39, 0.29) is 5.54 Å². The van der Waals surface area contributed by atoms with E-state index in [9.17, 15) is 0 Å². The largest absolute Gasteiger partial charge is 0.493 e. The Balaban J connectivity index is 1.59. The molecule has 2 aromatic rings. The highest BCUT2D eigenvalue weighted by Crippen LogP contribution is 2.31. The summed E-state index contributed by atoms with van der Waals surface area (Å²) in [4.78, 5) is 5.62. The second-order valence-electron chi connectivity index (χ2n) is 6.73. The zero-order chi connectivity index (χ0) is 17.0. The van der Waals surface area contributed by atoms with Gasteiger partial charge in [-0.1, -0.05) is 28.1 Å². The van der Waals surface area contributed by atoms with Crippen molar-refractivity contribution in [2.45, 2.75) is 42.5 Å². The lowest BCUT2D eigenvalue weighted by Crippen LogP contribution is -2.31. The fourth-order valence-corrected chi connectivity index (χ4v) is 3.39. The third kappa shape index (κ3) is 4.98. The Morgan fingerprint density at radius 1 is 1.29 bits per heavy atom. The first-order valence-corrected chi connectivity index (χ1v) is 10.2. The molecule has 3 nitrogen and oxygen atoms in total. The predicted octanol–water partition coefficient (Wildman–Crippen LogP) is 5.30. The molecule has 0 spiro atoms. The molecule has 1 fully saturated rings. The summed E-state index contributed by atoms with van der Waals surface area (Å²) in [5, 5.41) is 0.781. The number of rotatable bonds is 8. The molecule has 1 saturated carbocycles. The molecular weight excluding hydrogens is 384 g/mol. The van der Waals surface area contributed by atoms with E-state index in [4.69, 9.17) is 4.74 Å². The Labute approximate surface area is 156 Å². The van der Waals surface area contributed by atoms with Gasteiger partial charge in [-0.25, -0.2) is 4.72 Å². The summed E-state index contributed by atoms with van der Waals surface area (Å²) >= 11 is 5.06. The molecule has 0 amide bonds. The number of nitrogens with zero attached hydrogens (tertiary/aromatic N) is 1. The van der Waals surface area contributed by atoms with Gasteiger partial charge in [-0.05, 0) is 74.4 Å². The van der Waals surface area contributed by atoms with Crippen LogP contribution in [0.2, 0.25) is 0 Å². The Morgan fingerprint density at radius 3 is 2.79 bits per heavy atom. The van der Waals surface area contributed by atoms with Crippen molar-refractivity contribution in [1.29, 1.82) is 0 Å². The van der Waals surface area contributed by atoms with Crippen molar-refractivity contribution in [3.05, 3.63) is 53.9 Å². The number of alkyl halides is 1. The predicted molar refractivity (Wildman–Crippen MR) is 104 cm³/mol. The van der Waals surface area contributed by atoms with E-state index in [1.165, 1.54) is 18.4 Å². The molecular formula is C19H23BrN2OS. The van der Waals surface area contributed by atoms with Crippen molar-refractivity contribution in [2.24, 2.45) is 5.92 Å². The van der Waals surface area contributed by atoms with Crippen LogP contribution in [0.5, 0.6) is 5.75 Å². The molecule has 1 aliphatic carbocycles. The summed E-state index contributed by atoms with van der Waals surface area (Å²) in [5.74, 6) is 1.73. The average Bonchev–Trinajstić information content (AvgIpc) is 3.43. The Hall–Kier alpha value is -1.04. The number of halogens is 1. The third-order valence-electron chi connectivity index (χ3n) is 4.10. The maximum absolute atomic E-state index is 5.86. The molecule has 1 aromatic carbocycles. The highest BCUT2D eigenvalue weighted by Gasteiger charge is 2.22. The van der Waals surface area contributed by atoms with Gasteiger partial charge >= 0.3 is 0 Å². The van der Waals surface area contributed by atoms with Crippen molar-refractivity contribution in [2.75, 3.05) is 6.61 Å².